The lowest BCUT2D eigenvalue weighted by molar-refractivity contribution is -0.274. The Labute approximate surface area is 148 Å². The molecule has 3 rings (SSSR count). The quantitative estimate of drug-likeness (QED) is 0.663. The van der Waals surface area contributed by atoms with Crippen LogP contribution in [-0.2, 0) is 6.54 Å². The number of aryl methyl sites for hydroxylation is 1. The molecule has 0 atom stereocenters. The summed E-state index contributed by atoms with van der Waals surface area (Å²) in [5.41, 5.74) is 8.63. The van der Waals surface area contributed by atoms with E-state index in [1.807, 2.05) is 16.8 Å². The summed E-state index contributed by atoms with van der Waals surface area (Å²) in [6, 6.07) is 11.0. The molecule has 2 N–H and O–H groups in total. The van der Waals surface area contributed by atoms with Gasteiger partial charge in [0.25, 0.3) is 0 Å². The van der Waals surface area contributed by atoms with Crippen molar-refractivity contribution in [1.82, 2.24) is 4.57 Å². The fraction of sp³-hybridized carbons (Fsp3) is 0.211. The molecule has 0 saturated carbocycles. The second-order valence-corrected chi connectivity index (χ2v) is 5.85. The third-order valence-corrected chi connectivity index (χ3v) is 4.04. The maximum atomic E-state index is 12.3. The van der Waals surface area contributed by atoms with Crippen LogP contribution in [0, 0.1) is 0 Å². The highest BCUT2D eigenvalue weighted by Crippen LogP contribution is 2.33. The molecular weight excluding hydrogens is 345 g/mol. The van der Waals surface area contributed by atoms with Gasteiger partial charge in [0.05, 0.1) is 0 Å². The molecule has 0 saturated heterocycles. The molecule has 3 aromatic rings. The zero-order chi connectivity index (χ0) is 18.7. The Balaban J connectivity index is 2.04. The van der Waals surface area contributed by atoms with Crippen molar-refractivity contribution >= 4 is 17.2 Å². The van der Waals surface area contributed by atoms with Crippen LogP contribution in [0.3, 0.4) is 0 Å². The van der Waals surface area contributed by atoms with E-state index in [-0.39, 0.29) is 5.75 Å². The summed E-state index contributed by atoms with van der Waals surface area (Å²) in [6.07, 6.45) is -1.25. The molecule has 2 aromatic carbocycles. The van der Waals surface area contributed by atoms with Crippen LogP contribution in [-0.4, -0.2) is 23.8 Å². The molecule has 0 radical (unpaired) electrons. The van der Waals surface area contributed by atoms with Crippen molar-refractivity contribution < 1.29 is 22.7 Å². The predicted octanol–water partition coefficient (Wildman–Crippen LogP) is 4.37. The number of carbonyl (C=O) groups is 1. The van der Waals surface area contributed by atoms with Crippen LogP contribution in [0.15, 0.2) is 48.7 Å². The minimum Gasteiger partial charge on any atom is -0.406 e. The lowest BCUT2D eigenvalue weighted by Crippen LogP contribution is -2.16. The number of rotatable bonds is 6. The standard InChI is InChI=1S/C19H17F3N2O2/c20-19(21,22)26-15-5-3-14(4-6-15)17-11-24(9-1-8-23)18-7-2-13(12-25)10-16(17)18/h2-7,10-12H,1,8-9,23H2. The molecule has 1 aromatic heterocycles. The molecule has 4 nitrogen and oxygen atoms in total. The molecule has 0 aliphatic rings. The Hall–Kier alpha value is -2.80. The van der Waals surface area contributed by atoms with Crippen molar-refractivity contribution in [3.63, 3.8) is 0 Å². The number of hydrogen-bond donors (Lipinski definition) is 1. The number of nitrogens with two attached hydrogens (primary N) is 1. The Morgan fingerprint density at radius 2 is 1.85 bits per heavy atom. The van der Waals surface area contributed by atoms with E-state index in [9.17, 15) is 18.0 Å². The third-order valence-electron chi connectivity index (χ3n) is 4.04. The molecule has 136 valence electrons. The lowest BCUT2D eigenvalue weighted by Gasteiger charge is -2.09. The molecule has 1 heterocycles. The zero-order valence-corrected chi connectivity index (χ0v) is 13.8. The highest BCUT2D eigenvalue weighted by atomic mass is 19.4. The normalized spacial score (nSPS) is 11.7. The molecular formula is C19H17F3N2O2. The van der Waals surface area contributed by atoms with E-state index in [2.05, 4.69) is 4.74 Å². The number of benzene rings is 2. The number of aromatic nitrogens is 1. The van der Waals surface area contributed by atoms with Gasteiger partial charge in [-0.3, -0.25) is 4.79 Å². The zero-order valence-electron chi connectivity index (χ0n) is 13.8. The maximum absolute atomic E-state index is 12.3. The molecule has 0 bridgehead atoms. The Kier molecular flexibility index (Phi) is 4.99. The molecule has 0 fully saturated rings. The first-order valence-electron chi connectivity index (χ1n) is 8.05. The van der Waals surface area contributed by atoms with Crippen molar-refractivity contribution in [1.29, 1.82) is 0 Å². The maximum Gasteiger partial charge on any atom is 0.573 e. The Bertz CT molecular complexity index is 915. The number of fused-ring (bicyclic) bond motifs is 1. The number of nitrogens with zero attached hydrogens (tertiary/aromatic N) is 1. The first-order chi connectivity index (χ1) is 12.4. The minimum absolute atomic E-state index is 0.276. The summed E-state index contributed by atoms with van der Waals surface area (Å²) in [5.74, 6) is -0.276. The summed E-state index contributed by atoms with van der Waals surface area (Å²) in [5, 5.41) is 0.858. The topological polar surface area (TPSA) is 57.2 Å². The molecule has 0 unspecified atom stereocenters. The van der Waals surface area contributed by atoms with E-state index in [0.717, 1.165) is 34.7 Å². The van der Waals surface area contributed by atoms with Crippen molar-refractivity contribution in [2.75, 3.05) is 6.54 Å². The predicted molar refractivity (Wildman–Crippen MR) is 93.1 cm³/mol. The number of alkyl halides is 3. The van der Waals surface area contributed by atoms with E-state index in [1.165, 1.54) is 12.1 Å². The summed E-state index contributed by atoms with van der Waals surface area (Å²) in [7, 11) is 0. The Morgan fingerprint density at radius 3 is 2.46 bits per heavy atom. The van der Waals surface area contributed by atoms with Crippen molar-refractivity contribution in [2.45, 2.75) is 19.3 Å². The molecule has 26 heavy (non-hydrogen) atoms. The van der Waals surface area contributed by atoms with Gasteiger partial charge >= 0.3 is 6.36 Å². The first kappa shape index (κ1) is 18.0. The average Bonchev–Trinajstić information content (AvgIpc) is 2.97. The van der Waals surface area contributed by atoms with Gasteiger partial charge < -0.3 is 15.0 Å². The Morgan fingerprint density at radius 1 is 1.12 bits per heavy atom. The van der Waals surface area contributed by atoms with E-state index in [0.29, 0.717) is 18.7 Å². The van der Waals surface area contributed by atoms with Crippen LogP contribution in [0.25, 0.3) is 22.0 Å². The van der Waals surface area contributed by atoms with Crippen LogP contribution < -0.4 is 10.5 Å². The monoisotopic (exact) mass is 362 g/mol. The van der Waals surface area contributed by atoms with Gasteiger partial charge in [0.2, 0.25) is 0 Å². The fourth-order valence-electron chi connectivity index (χ4n) is 2.90. The number of halogens is 3. The second kappa shape index (κ2) is 7.21. The highest BCUT2D eigenvalue weighted by Gasteiger charge is 2.31. The lowest BCUT2D eigenvalue weighted by atomic mass is 10.0. The van der Waals surface area contributed by atoms with Gasteiger partial charge in [0.15, 0.2) is 0 Å². The van der Waals surface area contributed by atoms with Gasteiger partial charge in [0, 0.05) is 34.8 Å². The summed E-state index contributed by atoms with van der Waals surface area (Å²) >= 11 is 0. The van der Waals surface area contributed by atoms with Crippen LogP contribution in [0.2, 0.25) is 0 Å². The summed E-state index contributed by atoms with van der Waals surface area (Å²) < 4.78 is 42.9. The fourth-order valence-corrected chi connectivity index (χ4v) is 2.90. The molecule has 0 aliphatic carbocycles. The van der Waals surface area contributed by atoms with Crippen molar-refractivity contribution in [3.8, 4) is 16.9 Å². The van der Waals surface area contributed by atoms with E-state index < -0.39 is 6.36 Å². The van der Waals surface area contributed by atoms with Crippen LogP contribution in [0.4, 0.5) is 13.2 Å². The van der Waals surface area contributed by atoms with E-state index in [4.69, 9.17) is 5.73 Å². The average molecular weight is 362 g/mol. The smallest absolute Gasteiger partial charge is 0.406 e. The first-order valence-corrected chi connectivity index (χ1v) is 8.05. The molecule has 0 aliphatic heterocycles. The van der Waals surface area contributed by atoms with Crippen molar-refractivity contribution in [3.05, 3.63) is 54.2 Å². The van der Waals surface area contributed by atoms with Gasteiger partial charge in [-0.05, 0) is 48.9 Å². The van der Waals surface area contributed by atoms with E-state index >= 15 is 0 Å². The third kappa shape index (κ3) is 3.88. The van der Waals surface area contributed by atoms with Crippen molar-refractivity contribution in [2.24, 2.45) is 5.73 Å². The van der Waals surface area contributed by atoms with Crippen LogP contribution >= 0.6 is 0 Å². The molecule has 0 amide bonds. The van der Waals surface area contributed by atoms with E-state index in [1.54, 1.807) is 24.3 Å². The number of aldehydes is 1. The van der Waals surface area contributed by atoms with Gasteiger partial charge in [-0.2, -0.15) is 0 Å². The van der Waals surface area contributed by atoms with Gasteiger partial charge in [-0.25, -0.2) is 0 Å². The summed E-state index contributed by atoms with van der Waals surface area (Å²) in [6.45, 7) is 1.26. The second-order valence-electron chi connectivity index (χ2n) is 5.85. The van der Waals surface area contributed by atoms with Gasteiger partial charge in [-0.15, -0.1) is 13.2 Å². The number of ether oxygens (including phenoxy) is 1. The van der Waals surface area contributed by atoms with Crippen LogP contribution in [0.5, 0.6) is 5.75 Å². The largest absolute Gasteiger partial charge is 0.573 e. The SMILES string of the molecule is NCCCn1cc(-c2ccc(OC(F)(F)F)cc2)c2cc(C=O)ccc21. The molecule has 7 heteroatoms. The van der Waals surface area contributed by atoms with Gasteiger partial charge in [-0.1, -0.05) is 12.1 Å². The van der Waals surface area contributed by atoms with Gasteiger partial charge in [0.1, 0.15) is 12.0 Å². The number of carbonyl (C=O) groups excluding carboxylic acids is 1. The minimum atomic E-state index is -4.72. The number of hydrogen-bond acceptors (Lipinski definition) is 3. The highest BCUT2D eigenvalue weighted by molar-refractivity contribution is 5.98. The molecule has 0 spiro atoms. The summed E-state index contributed by atoms with van der Waals surface area (Å²) in [4.78, 5) is 11.1. The van der Waals surface area contributed by atoms with Crippen LogP contribution in [0.1, 0.15) is 16.8 Å².